The van der Waals surface area contributed by atoms with E-state index in [0.717, 1.165) is 12.6 Å². The summed E-state index contributed by atoms with van der Waals surface area (Å²) in [4.78, 5) is 5.12. The van der Waals surface area contributed by atoms with Crippen molar-refractivity contribution in [1.82, 2.24) is 15.1 Å². The molecule has 2 saturated heterocycles. The van der Waals surface area contributed by atoms with Gasteiger partial charge in [0, 0.05) is 38.3 Å². The van der Waals surface area contributed by atoms with Gasteiger partial charge in [-0.2, -0.15) is 0 Å². The van der Waals surface area contributed by atoms with Gasteiger partial charge in [0.05, 0.1) is 0 Å². The molecule has 2 aliphatic heterocycles. The molecule has 1 aromatic rings. The molecule has 2 unspecified atom stereocenters. The molecule has 0 bridgehead atoms. The number of nitrogens with one attached hydrogen (secondary N) is 1. The molecule has 2 atom stereocenters. The van der Waals surface area contributed by atoms with Gasteiger partial charge in [0.2, 0.25) is 0 Å². The van der Waals surface area contributed by atoms with E-state index in [1.54, 1.807) is 0 Å². The summed E-state index contributed by atoms with van der Waals surface area (Å²) in [5.41, 5.74) is 1.44. The van der Waals surface area contributed by atoms with Crippen LogP contribution in [0.5, 0.6) is 0 Å². The molecule has 2 heterocycles. The normalized spacial score (nSPS) is 28.0. The van der Waals surface area contributed by atoms with E-state index in [1.165, 1.54) is 57.4 Å². The van der Waals surface area contributed by atoms with Gasteiger partial charge in [-0.25, -0.2) is 0 Å². The standard InChI is InChI=1S/C18H29N3/c1-20-11-6-5-9-18(20)13-19-17-10-12-21(15-17)14-16-7-3-2-4-8-16/h2-4,7-8,17-19H,5-6,9-15H2,1H3. The van der Waals surface area contributed by atoms with E-state index in [4.69, 9.17) is 0 Å². The lowest BCUT2D eigenvalue weighted by atomic mass is 10.0. The zero-order chi connectivity index (χ0) is 14.5. The molecular formula is C18H29N3. The van der Waals surface area contributed by atoms with Crippen LogP contribution in [-0.2, 0) is 6.54 Å². The van der Waals surface area contributed by atoms with Crippen LogP contribution in [0, 0.1) is 0 Å². The van der Waals surface area contributed by atoms with Crippen LogP contribution in [0.3, 0.4) is 0 Å². The Bertz CT molecular complexity index is 420. The topological polar surface area (TPSA) is 18.5 Å². The van der Waals surface area contributed by atoms with Gasteiger partial charge in [-0.05, 0) is 38.4 Å². The summed E-state index contributed by atoms with van der Waals surface area (Å²) in [5, 5.41) is 3.81. The second kappa shape index (κ2) is 7.39. The summed E-state index contributed by atoms with van der Waals surface area (Å²) < 4.78 is 0. The first-order valence-corrected chi connectivity index (χ1v) is 8.51. The Balaban J connectivity index is 1.40. The molecule has 0 radical (unpaired) electrons. The van der Waals surface area contributed by atoms with Crippen molar-refractivity contribution in [3.63, 3.8) is 0 Å². The van der Waals surface area contributed by atoms with Gasteiger partial charge in [0.15, 0.2) is 0 Å². The number of nitrogens with zero attached hydrogens (tertiary/aromatic N) is 2. The monoisotopic (exact) mass is 287 g/mol. The number of hydrogen-bond donors (Lipinski definition) is 1. The number of likely N-dealkylation sites (N-methyl/N-ethyl adjacent to an activating group) is 1. The van der Waals surface area contributed by atoms with E-state index >= 15 is 0 Å². The molecule has 1 aromatic carbocycles. The van der Waals surface area contributed by atoms with Gasteiger partial charge in [-0.15, -0.1) is 0 Å². The summed E-state index contributed by atoms with van der Waals surface area (Å²) in [5.74, 6) is 0. The largest absolute Gasteiger partial charge is 0.311 e. The number of piperidine rings is 1. The molecule has 2 fully saturated rings. The van der Waals surface area contributed by atoms with Gasteiger partial charge in [0.25, 0.3) is 0 Å². The first kappa shape index (κ1) is 15.0. The van der Waals surface area contributed by atoms with E-state index in [1.807, 2.05) is 0 Å². The van der Waals surface area contributed by atoms with E-state index in [0.29, 0.717) is 6.04 Å². The molecule has 0 aromatic heterocycles. The predicted molar refractivity (Wildman–Crippen MR) is 88.4 cm³/mol. The van der Waals surface area contributed by atoms with E-state index in [-0.39, 0.29) is 0 Å². The number of likely N-dealkylation sites (tertiary alicyclic amines) is 2. The van der Waals surface area contributed by atoms with Crippen LogP contribution in [0.1, 0.15) is 31.2 Å². The maximum Gasteiger partial charge on any atom is 0.0234 e. The third-order valence-electron chi connectivity index (χ3n) is 5.09. The van der Waals surface area contributed by atoms with Crippen LogP contribution in [0.2, 0.25) is 0 Å². The van der Waals surface area contributed by atoms with Crippen molar-refractivity contribution in [2.45, 2.75) is 44.3 Å². The van der Waals surface area contributed by atoms with Gasteiger partial charge in [0.1, 0.15) is 0 Å². The number of hydrogen-bond acceptors (Lipinski definition) is 3. The van der Waals surface area contributed by atoms with Crippen molar-refractivity contribution >= 4 is 0 Å². The maximum absolute atomic E-state index is 3.81. The highest BCUT2D eigenvalue weighted by Gasteiger charge is 2.24. The Labute approximate surface area is 129 Å². The first-order chi connectivity index (χ1) is 10.3. The van der Waals surface area contributed by atoms with Crippen LogP contribution in [0.25, 0.3) is 0 Å². The van der Waals surface area contributed by atoms with Gasteiger partial charge in [-0.1, -0.05) is 36.8 Å². The lowest BCUT2D eigenvalue weighted by Crippen LogP contribution is -2.46. The highest BCUT2D eigenvalue weighted by Crippen LogP contribution is 2.16. The van der Waals surface area contributed by atoms with Crippen molar-refractivity contribution < 1.29 is 0 Å². The van der Waals surface area contributed by atoms with Crippen molar-refractivity contribution in [3.05, 3.63) is 35.9 Å². The van der Waals surface area contributed by atoms with E-state index < -0.39 is 0 Å². The quantitative estimate of drug-likeness (QED) is 0.897. The minimum Gasteiger partial charge on any atom is -0.311 e. The van der Waals surface area contributed by atoms with E-state index in [2.05, 4.69) is 52.5 Å². The zero-order valence-electron chi connectivity index (χ0n) is 13.3. The zero-order valence-corrected chi connectivity index (χ0v) is 13.3. The predicted octanol–water partition coefficient (Wildman–Crippen LogP) is 2.33. The van der Waals surface area contributed by atoms with Gasteiger partial charge in [-0.3, -0.25) is 4.90 Å². The van der Waals surface area contributed by atoms with Gasteiger partial charge >= 0.3 is 0 Å². The molecule has 3 rings (SSSR count). The molecule has 0 saturated carbocycles. The van der Waals surface area contributed by atoms with Gasteiger partial charge < -0.3 is 10.2 Å². The van der Waals surface area contributed by atoms with Crippen LogP contribution in [-0.4, -0.2) is 55.1 Å². The highest BCUT2D eigenvalue weighted by molar-refractivity contribution is 5.14. The maximum atomic E-state index is 3.81. The summed E-state index contributed by atoms with van der Waals surface area (Å²) in [6.45, 7) is 5.97. The molecule has 1 N–H and O–H groups in total. The Morgan fingerprint density at radius 3 is 2.76 bits per heavy atom. The second-order valence-electron chi connectivity index (χ2n) is 6.74. The molecule has 0 spiro atoms. The van der Waals surface area contributed by atoms with Crippen molar-refractivity contribution in [2.75, 3.05) is 33.2 Å². The molecule has 0 amide bonds. The average Bonchev–Trinajstić information content (AvgIpc) is 2.95. The Kier molecular flexibility index (Phi) is 5.28. The molecule has 3 nitrogen and oxygen atoms in total. The van der Waals surface area contributed by atoms with Crippen molar-refractivity contribution in [2.24, 2.45) is 0 Å². The molecule has 2 aliphatic rings. The van der Waals surface area contributed by atoms with Crippen LogP contribution in [0.15, 0.2) is 30.3 Å². The molecule has 21 heavy (non-hydrogen) atoms. The Morgan fingerprint density at radius 1 is 1.10 bits per heavy atom. The minimum atomic E-state index is 0.684. The third-order valence-corrected chi connectivity index (χ3v) is 5.09. The van der Waals surface area contributed by atoms with E-state index in [9.17, 15) is 0 Å². The molecule has 3 heteroatoms. The lowest BCUT2D eigenvalue weighted by molar-refractivity contribution is 0.177. The van der Waals surface area contributed by atoms with Crippen molar-refractivity contribution in [1.29, 1.82) is 0 Å². The summed E-state index contributed by atoms with van der Waals surface area (Å²) in [6.07, 6.45) is 5.44. The molecule has 0 aliphatic carbocycles. The number of benzene rings is 1. The smallest absolute Gasteiger partial charge is 0.0234 e. The van der Waals surface area contributed by atoms with Crippen LogP contribution < -0.4 is 5.32 Å². The van der Waals surface area contributed by atoms with Crippen molar-refractivity contribution in [3.8, 4) is 0 Å². The fraction of sp³-hybridized carbons (Fsp3) is 0.667. The first-order valence-electron chi connectivity index (χ1n) is 8.51. The SMILES string of the molecule is CN1CCCCC1CNC1CCN(Cc2ccccc2)C1. The number of rotatable bonds is 5. The minimum absolute atomic E-state index is 0.684. The molecule has 116 valence electrons. The fourth-order valence-corrected chi connectivity index (χ4v) is 3.69. The van der Waals surface area contributed by atoms with Crippen LogP contribution >= 0.6 is 0 Å². The average molecular weight is 287 g/mol. The fourth-order valence-electron chi connectivity index (χ4n) is 3.69. The Morgan fingerprint density at radius 2 is 1.95 bits per heavy atom. The summed E-state index contributed by atoms with van der Waals surface area (Å²) in [7, 11) is 2.28. The lowest BCUT2D eigenvalue weighted by Gasteiger charge is -2.33. The highest BCUT2D eigenvalue weighted by atomic mass is 15.2. The molecular weight excluding hydrogens is 258 g/mol. The van der Waals surface area contributed by atoms with Crippen LogP contribution in [0.4, 0.5) is 0 Å². The second-order valence-corrected chi connectivity index (χ2v) is 6.74. The summed E-state index contributed by atoms with van der Waals surface area (Å²) >= 11 is 0. The summed E-state index contributed by atoms with van der Waals surface area (Å²) in [6, 6.07) is 12.3. The third kappa shape index (κ3) is 4.29. The Hall–Kier alpha value is -0.900.